The highest BCUT2D eigenvalue weighted by atomic mass is 32.1. The van der Waals surface area contributed by atoms with Gasteiger partial charge < -0.3 is 15.5 Å². The largest absolute Gasteiger partial charge is 0.349 e. The lowest BCUT2D eigenvalue weighted by Crippen LogP contribution is -2.43. The first-order valence-electron chi connectivity index (χ1n) is 8.06. The van der Waals surface area contributed by atoms with Crippen molar-refractivity contribution in [1.29, 1.82) is 0 Å². The van der Waals surface area contributed by atoms with Crippen LogP contribution in [0.1, 0.15) is 32.9 Å². The summed E-state index contributed by atoms with van der Waals surface area (Å²) in [6.07, 6.45) is 1.94. The molecule has 0 atom stereocenters. The highest BCUT2D eigenvalue weighted by Gasteiger charge is 2.19. The van der Waals surface area contributed by atoms with Gasteiger partial charge in [-0.15, -0.1) is 11.3 Å². The first-order chi connectivity index (χ1) is 11.6. The van der Waals surface area contributed by atoms with Crippen LogP contribution in [0.15, 0.2) is 41.8 Å². The van der Waals surface area contributed by atoms with Crippen molar-refractivity contribution in [3.05, 3.63) is 52.2 Å². The molecule has 0 radical (unpaired) electrons. The second-order valence-corrected chi connectivity index (χ2v) is 7.01. The number of carbonyl (C=O) groups is 2. The Morgan fingerprint density at radius 2 is 1.92 bits per heavy atom. The third-order valence-corrected chi connectivity index (χ3v) is 5.05. The van der Waals surface area contributed by atoms with Gasteiger partial charge in [-0.1, -0.05) is 12.1 Å². The van der Waals surface area contributed by atoms with Crippen molar-refractivity contribution in [1.82, 2.24) is 10.2 Å². The Kier molecular flexibility index (Phi) is 5.27. The monoisotopic (exact) mass is 343 g/mol. The lowest BCUT2D eigenvalue weighted by molar-refractivity contribution is 0.0916. The van der Waals surface area contributed by atoms with Crippen molar-refractivity contribution < 1.29 is 9.59 Å². The average Bonchev–Trinajstić information content (AvgIpc) is 3.12. The molecule has 0 saturated carbocycles. The van der Waals surface area contributed by atoms with Crippen LogP contribution in [0.5, 0.6) is 0 Å². The van der Waals surface area contributed by atoms with Gasteiger partial charge >= 0.3 is 0 Å². The van der Waals surface area contributed by atoms with Gasteiger partial charge in [-0.3, -0.25) is 9.59 Å². The zero-order valence-electron chi connectivity index (χ0n) is 13.6. The molecule has 1 aliphatic heterocycles. The van der Waals surface area contributed by atoms with Gasteiger partial charge in [-0.2, -0.15) is 0 Å². The van der Waals surface area contributed by atoms with Gasteiger partial charge in [0.15, 0.2) is 0 Å². The summed E-state index contributed by atoms with van der Waals surface area (Å²) in [4.78, 5) is 27.4. The summed E-state index contributed by atoms with van der Waals surface area (Å²) in [7, 11) is 2.10. The Labute approximate surface area is 145 Å². The molecule has 1 aromatic heterocycles. The Morgan fingerprint density at radius 3 is 2.62 bits per heavy atom. The van der Waals surface area contributed by atoms with Crippen LogP contribution >= 0.6 is 11.3 Å². The van der Waals surface area contributed by atoms with Crippen molar-refractivity contribution in [2.45, 2.75) is 18.9 Å². The van der Waals surface area contributed by atoms with E-state index in [2.05, 4.69) is 22.6 Å². The number of hydrogen-bond acceptors (Lipinski definition) is 4. The molecule has 3 rings (SSSR count). The molecule has 24 heavy (non-hydrogen) atoms. The van der Waals surface area contributed by atoms with E-state index >= 15 is 0 Å². The summed E-state index contributed by atoms with van der Waals surface area (Å²) in [6.45, 7) is 2.00. The Morgan fingerprint density at radius 1 is 1.12 bits per heavy atom. The molecule has 2 heterocycles. The third kappa shape index (κ3) is 4.21. The van der Waals surface area contributed by atoms with E-state index in [-0.39, 0.29) is 17.9 Å². The number of piperidine rings is 1. The van der Waals surface area contributed by atoms with Gasteiger partial charge in [0.2, 0.25) is 0 Å². The van der Waals surface area contributed by atoms with Crippen LogP contribution < -0.4 is 10.6 Å². The Bertz CT molecular complexity index is 707. The molecule has 5 nitrogen and oxygen atoms in total. The first-order valence-corrected chi connectivity index (χ1v) is 8.94. The number of rotatable bonds is 4. The second-order valence-electron chi connectivity index (χ2n) is 6.06. The van der Waals surface area contributed by atoms with Crippen molar-refractivity contribution in [2.24, 2.45) is 0 Å². The van der Waals surface area contributed by atoms with Gasteiger partial charge in [-0.25, -0.2) is 0 Å². The van der Waals surface area contributed by atoms with Crippen molar-refractivity contribution >= 4 is 28.8 Å². The average molecular weight is 343 g/mol. The Balaban J connectivity index is 1.62. The molecular weight excluding hydrogens is 322 g/mol. The van der Waals surface area contributed by atoms with E-state index in [1.54, 1.807) is 30.3 Å². The smallest absolute Gasteiger partial charge is 0.265 e. The van der Waals surface area contributed by atoms with E-state index in [0.717, 1.165) is 25.9 Å². The predicted octanol–water partition coefficient (Wildman–Crippen LogP) is 2.82. The molecule has 2 aromatic rings. The number of nitrogens with zero attached hydrogens (tertiary/aromatic N) is 1. The number of thiophene rings is 1. The summed E-state index contributed by atoms with van der Waals surface area (Å²) in [6, 6.07) is 10.9. The van der Waals surface area contributed by atoms with Crippen molar-refractivity contribution in [2.75, 3.05) is 25.5 Å². The highest BCUT2D eigenvalue weighted by Crippen LogP contribution is 2.16. The number of carbonyl (C=O) groups excluding carboxylic acids is 2. The first kappa shape index (κ1) is 16.7. The van der Waals surface area contributed by atoms with Crippen LogP contribution in [-0.4, -0.2) is 42.9 Å². The van der Waals surface area contributed by atoms with Gasteiger partial charge in [0.05, 0.1) is 4.88 Å². The number of anilines is 1. The summed E-state index contributed by atoms with van der Waals surface area (Å²) < 4.78 is 0. The lowest BCUT2D eigenvalue weighted by atomic mass is 10.0. The third-order valence-electron chi connectivity index (χ3n) is 4.18. The van der Waals surface area contributed by atoms with Crippen LogP contribution in [0.25, 0.3) is 0 Å². The molecular formula is C18H21N3O2S. The molecule has 2 N–H and O–H groups in total. The molecule has 1 fully saturated rings. The fraction of sp³-hybridized carbons (Fsp3) is 0.333. The van der Waals surface area contributed by atoms with E-state index in [4.69, 9.17) is 0 Å². The minimum atomic E-state index is -0.155. The van der Waals surface area contributed by atoms with Gasteiger partial charge in [-0.05, 0) is 62.6 Å². The van der Waals surface area contributed by atoms with E-state index in [1.165, 1.54) is 11.3 Å². The summed E-state index contributed by atoms with van der Waals surface area (Å²) >= 11 is 1.39. The second kappa shape index (κ2) is 7.59. The summed E-state index contributed by atoms with van der Waals surface area (Å²) in [5.41, 5.74) is 1.20. The highest BCUT2D eigenvalue weighted by molar-refractivity contribution is 7.12. The topological polar surface area (TPSA) is 61.4 Å². The van der Waals surface area contributed by atoms with Crippen LogP contribution in [0.4, 0.5) is 5.69 Å². The molecule has 0 aliphatic carbocycles. The van der Waals surface area contributed by atoms with E-state index in [1.807, 2.05) is 11.4 Å². The molecule has 1 saturated heterocycles. The zero-order chi connectivity index (χ0) is 16.9. The fourth-order valence-electron chi connectivity index (χ4n) is 2.76. The molecule has 0 unspecified atom stereocenters. The molecule has 1 aromatic carbocycles. The zero-order valence-corrected chi connectivity index (χ0v) is 14.4. The normalized spacial score (nSPS) is 15.9. The van der Waals surface area contributed by atoms with E-state index in [0.29, 0.717) is 16.1 Å². The predicted molar refractivity (Wildman–Crippen MR) is 96.7 cm³/mol. The van der Waals surface area contributed by atoms with Gasteiger partial charge in [0.1, 0.15) is 0 Å². The molecule has 0 spiro atoms. The summed E-state index contributed by atoms with van der Waals surface area (Å²) in [5, 5.41) is 7.78. The summed E-state index contributed by atoms with van der Waals surface area (Å²) in [5.74, 6) is -0.241. The van der Waals surface area contributed by atoms with Crippen molar-refractivity contribution in [3.8, 4) is 0 Å². The molecule has 6 heteroatoms. The molecule has 2 amide bonds. The van der Waals surface area contributed by atoms with E-state index in [9.17, 15) is 9.59 Å². The molecule has 0 bridgehead atoms. The maximum absolute atomic E-state index is 12.4. The van der Waals surface area contributed by atoms with Gasteiger partial charge in [0, 0.05) is 17.3 Å². The van der Waals surface area contributed by atoms with Gasteiger partial charge in [0.25, 0.3) is 11.8 Å². The van der Waals surface area contributed by atoms with Crippen molar-refractivity contribution in [3.63, 3.8) is 0 Å². The lowest BCUT2D eigenvalue weighted by Gasteiger charge is -2.29. The van der Waals surface area contributed by atoms with Crippen LogP contribution in [0, 0.1) is 0 Å². The number of nitrogens with one attached hydrogen (secondary N) is 2. The fourth-order valence-corrected chi connectivity index (χ4v) is 3.38. The van der Waals surface area contributed by atoms with E-state index < -0.39 is 0 Å². The quantitative estimate of drug-likeness (QED) is 0.897. The number of amides is 2. The minimum Gasteiger partial charge on any atom is -0.349 e. The minimum absolute atomic E-state index is 0.0863. The van der Waals surface area contributed by atoms with Crippen LogP contribution in [0.2, 0.25) is 0 Å². The standard InChI is InChI=1S/C18H21N3O2S/c1-21-9-7-14(8-10-21)19-17(22)13-4-2-5-15(12-13)20-18(23)16-6-3-11-24-16/h2-6,11-12,14H,7-10H2,1H3,(H,19,22)(H,20,23). The van der Waals surface area contributed by atoms with Crippen LogP contribution in [-0.2, 0) is 0 Å². The van der Waals surface area contributed by atoms with Crippen LogP contribution in [0.3, 0.4) is 0 Å². The number of benzene rings is 1. The molecule has 126 valence electrons. The number of likely N-dealkylation sites (tertiary alicyclic amines) is 1. The SMILES string of the molecule is CN1CCC(NC(=O)c2cccc(NC(=O)c3cccs3)c2)CC1. The Hall–Kier alpha value is -2.18. The molecule has 1 aliphatic rings. The maximum Gasteiger partial charge on any atom is 0.265 e. The maximum atomic E-state index is 12.4. The number of hydrogen-bond donors (Lipinski definition) is 2.